The summed E-state index contributed by atoms with van der Waals surface area (Å²) in [6, 6.07) is 15.2. The van der Waals surface area contributed by atoms with E-state index in [-0.39, 0.29) is 29.6 Å². The minimum absolute atomic E-state index is 0.0109. The quantitative estimate of drug-likeness (QED) is 0.433. The highest BCUT2D eigenvalue weighted by atomic mass is 16.3. The molecule has 0 amide bonds. The van der Waals surface area contributed by atoms with Crippen LogP contribution in [0.15, 0.2) is 77.6 Å². The van der Waals surface area contributed by atoms with Crippen molar-refractivity contribution in [2.45, 2.75) is 62.7 Å². The van der Waals surface area contributed by atoms with Crippen molar-refractivity contribution < 1.29 is 9.90 Å². The molecule has 3 fully saturated rings. The summed E-state index contributed by atoms with van der Waals surface area (Å²) in [5.41, 5.74) is 8.09. The second kappa shape index (κ2) is 9.20. The lowest BCUT2D eigenvalue weighted by Gasteiger charge is -2.27. The number of hydrogen-bond donors (Lipinski definition) is 1. The molecule has 38 heavy (non-hydrogen) atoms. The molecule has 2 aromatic rings. The van der Waals surface area contributed by atoms with E-state index in [9.17, 15) is 9.90 Å². The zero-order chi connectivity index (χ0) is 25.9. The number of carbonyl (C=O) groups excluding carboxylic acids is 1. The van der Waals surface area contributed by atoms with Crippen LogP contribution in [0.1, 0.15) is 84.3 Å². The normalized spacial score (nSPS) is 25.6. The molecule has 5 aliphatic rings. The average Bonchev–Trinajstić information content (AvgIpc) is 3.87. The van der Waals surface area contributed by atoms with Gasteiger partial charge in [-0.15, -0.1) is 0 Å². The lowest BCUT2D eigenvalue weighted by molar-refractivity contribution is 0.0829. The number of nitrogens with zero attached hydrogens (tertiary/aromatic N) is 2. The molecule has 2 aliphatic heterocycles. The molecule has 0 aromatic heterocycles. The van der Waals surface area contributed by atoms with Crippen molar-refractivity contribution in [2.75, 3.05) is 18.1 Å². The number of aliphatic hydroxyl groups excluding tert-OH is 1. The third-order valence-electron chi connectivity index (χ3n) is 9.41. The number of aliphatic hydroxyl groups is 1. The first-order chi connectivity index (χ1) is 18.5. The minimum Gasteiger partial charge on any atom is -0.396 e. The van der Waals surface area contributed by atoms with Crippen LogP contribution < -0.4 is 4.90 Å². The highest BCUT2D eigenvalue weighted by Gasteiger charge is 2.52. The Balaban J connectivity index is 1.18. The Labute approximate surface area is 225 Å². The minimum atomic E-state index is 0.0109. The summed E-state index contributed by atoms with van der Waals surface area (Å²) in [5.74, 6) is 2.10. The van der Waals surface area contributed by atoms with E-state index in [1.54, 1.807) is 0 Å². The second-order valence-electron chi connectivity index (χ2n) is 12.2. The Hall–Kier alpha value is -3.24. The fourth-order valence-electron chi connectivity index (χ4n) is 6.85. The van der Waals surface area contributed by atoms with Gasteiger partial charge in [0.05, 0.1) is 0 Å². The van der Waals surface area contributed by atoms with Crippen molar-refractivity contribution in [1.29, 1.82) is 0 Å². The topological polar surface area (TPSA) is 52.9 Å². The summed E-state index contributed by atoms with van der Waals surface area (Å²) < 4.78 is 0. The summed E-state index contributed by atoms with van der Waals surface area (Å²) in [7, 11) is 0. The number of benzene rings is 2. The van der Waals surface area contributed by atoms with Gasteiger partial charge in [0, 0.05) is 47.5 Å². The Kier molecular flexibility index (Phi) is 5.77. The first-order valence-corrected chi connectivity index (χ1v) is 14.4. The number of hydrogen-bond acceptors (Lipinski definition) is 4. The summed E-state index contributed by atoms with van der Waals surface area (Å²) in [4.78, 5) is 20.9. The monoisotopic (exact) mass is 504 g/mol. The van der Waals surface area contributed by atoms with Crippen LogP contribution in [0.3, 0.4) is 0 Å². The molecule has 2 atom stereocenters. The van der Waals surface area contributed by atoms with E-state index < -0.39 is 0 Å². The first-order valence-electron chi connectivity index (χ1n) is 14.4. The molecule has 2 heterocycles. The van der Waals surface area contributed by atoms with Crippen LogP contribution in [0.5, 0.6) is 0 Å². The van der Waals surface area contributed by atoms with Gasteiger partial charge in [0.2, 0.25) is 0 Å². The molecule has 4 nitrogen and oxygen atoms in total. The number of Topliss-reactive ketones (excluding diaryl/α,β-unsaturated/α-hetero) is 1. The molecule has 2 aromatic carbocycles. The van der Waals surface area contributed by atoms with Gasteiger partial charge < -0.3 is 10.0 Å². The van der Waals surface area contributed by atoms with Crippen LogP contribution in [0, 0.1) is 11.8 Å². The maximum absolute atomic E-state index is 13.5. The Morgan fingerprint density at radius 1 is 1.08 bits per heavy atom. The van der Waals surface area contributed by atoms with Crippen LogP contribution in [0.4, 0.5) is 5.69 Å². The molecule has 1 N–H and O–H groups in total. The molecule has 3 saturated carbocycles. The maximum atomic E-state index is 13.5. The van der Waals surface area contributed by atoms with Crippen LogP contribution >= 0.6 is 0 Å². The molecule has 194 valence electrons. The standard InChI is InChI=1S/C34H36N2O2/c1-22-14-29(26-6-3-5-25(17-26)24-8-9-24)19-35-32(15-22)36-21-34(12-13-34)30-11-10-28(18-31(30)36)33(38)27-7-2-4-23(16-27)20-37/h3,5-6,10-11,14-15,17-19,23-24,27,37H,1-2,4,7-9,12-13,16,20-21H2/t23-,27?/m0/s1. The lowest BCUT2D eigenvalue weighted by Crippen LogP contribution is -2.25. The second-order valence-corrected chi connectivity index (χ2v) is 12.2. The van der Waals surface area contributed by atoms with Crippen LogP contribution in [0.25, 0.3) is 5.57 Å². The molecule has 0 bridgehead atoms. The van der Waals surface area contributed by atoms with Gasteiger partial charge in [-0.2, -0.15) is 0 Å². The highest BCUT2D eigenvalue weighted by Crippen LogP contribution is 2.57. The number of carbonyl (C=O) groups is 1. The maximum Gasteiger partial charge on any atom is 0.166 e. The number of fused-ring (bicyclic) bond motifs is 2. The van der Waals surface area contributed by atoms with E-state index in [1.807, 2.05) is 12.3 Å². The van der Waals surface area contributed by atoms with Gasteiger partial charge in [-0.25, -0.2) is 4.99 Å². The lowest BCUT2D eigenvalue weighted by atomic mass is 9.78. The van der Waals surface area contributed by atoms with Gasteiger partial charge in [0.1, 0.15) is 5.82 Å². The Morgan fingerprint density at radius 2 is 1.95 bits per heavy atom. The Morgan fingerprint density at radius 3 is 2.74 bits per heavy atom. The third-order valence-corrected chi connectivity index (χ3v) is 9.41. The molecule has 4 heteroatoms. The van der Waals surface area contributed by atoms with E-state index in [0.717, 1.165) is 60.4 Å². The van der Waals surface area contributed by atoms with Crippen molar-refractivity contribution in [1.82, 2.24) is 0 Å². The SMILES string of the molecule is C=C1C=C(c2cccc(C3CC3)c2)C=NC(N2CC3(CC3)c3ccc(C(=O)C4CCC[C@H](CO)C4)cc32)=C1. The van der Waals surface area contributed by atoms with Crippen molar-refractivity contribution >= 4 is 23.3 Å². The number of rotatable bonds is 6. The van der Waals surface area contributed by atoms with Gasteiger partial charge in [0.25, 0.3) is 0 Å². The van der Waals surface area contributed by atoms with Crippen LogP contribution in [0.2, 0.25) is 0 Å². The van der Waals surface area contributed by atoms with Gasteiger partial charge in [-0.1, -0.05) is 49.4 Å². The van der Waals surface area contributed by atoms with E-state index >= 15 is 0 Å². The molecule has 0 radical (unpaired) electrons. The van der Waals surface area contributed by atoms with Crippen molar-refractivity contribution in [3.05, 3.63) is 94.8 Å². The van der Waals surface area contributed by atoms with Crippen molar-refractivity contribution in [3.63, 3.8) is 0 Å². The fraction of sp³-hybridized carbons (Fsp3) is 0.412. The number of anilines is 1. The van der Waals surface area contributed by atoms with Crippen molar-refractivity contribution in [3.8, 4) is 0 Å². The summed E-state index contributed by atoms with van der Waals surface area (Å²) >= 11 is 0. The van der Waals surface area contributed by atoms with Gasteiger partial charge in [-0.3, -0.25) is 4.79 Å². The molecular weight excluding hydrogens is 468 g/mol. The van der Waals surface area contributed by atoms with E-state index in [0.29, 0.717) is 5.92 Å². The highest BCUT2D eigenvalue weighted by molar-refractivity contribution is 6.11. The van der Waals surface area contributed by atoms with Gasteiger partial charge in [0.15, 0.2) is 5.78 Å². The zero-order valence-corrected chi connectivity index (χ0v) is 22.0. The van der Waals surface area contributed by atoms with E-state index in [1.165, 1.54) is 42.4 Å². The molecule has 3 aliphatic carbocycles. The predicted molar refractivity (Wildman–Crippen MR) is 154 cm³/mol. The largest absolute Gasteiger partial charge is 0.396 e. The molecule has 7 rings (SSSR count). The summed E-state index contributed by atoms with van der Waals surface area (Å²) in [6.07, 6.45) is 14.9. The van der Waals surface area contributed by atoms with E-state index in [2.05, 4.69) is 60.0 Å². The molecular formula is C34H36N2O2. The molecule has 1 unspecified atom stereocenters. The fourth-order valence-corrected chi connectivity index (χ4v) is 6.85. The number of ketones is 1. The predicted octanol–water partition coefficient (Wildman–Crippen LogP) is 6.96. The summed E-state index contributed by atoms with van der Waals surface area (Å²) in [5, 5.41) is 9.66. The van der Waals surface area contributed by atoms with Crippen molar-refractivity contribution in [2.24, 2.45) is 16.8 Å². The first kappa shape index (κ1) is 23.8. The van der Waals surface area contributed by atoms with E-state index in [4.69, 9.17) is 4.99 Å². The van der Waals surface area contributed by atoms with Crippen LogP contribution in [-0.2, 0) is 5.41 Å². The third kappa shape index (κ3) is 4.29. The molecule has 1 spiro atoms. The van der Waals surface area contributed by atoms with Gasteiger partial charge >= 0.3 is 0 Å². The van der Waals surface area contributed by atoms with Gasteiger partial charge in [-0.05, 0) is 97.3 Å². The zero-order valence-electron chi connectivity index (χ0n) is 22.0. The van der Waals surface area contributed by atoms with Crippen LogP contribution in [-0.4, -0.2) is 30.3 Å². The number of aliphatic imine (C=N–C) groups is 1. The Bertz CT molecular complexity index is 1410. The summed E-state index contributed by atoms with van der Waals surface area (Å²) in [6.45, 7) is 5.42. The average molecular weight is 505 g/mol. The molecule has 0 saturated heterocycles. The smallest absolute Gasteiger partial charge is 0.166 e. The number of allylic oxidation sites excluding steroid dienone is 4.